The smallest absolute Gasteiger partial charge is 0.260 e. The lowest BCUT2D eigenvalue weighted by atomic mass is 10.1. The molecule has 0 radical (unpaired) electrons. The molecule has 2 aromatic rings. The molecule has 2 aromatic carbocycles. The van der Waals surface area contributed by atoms with Crippen LogP contribution < -0.4 is 9.47 Å². The summed E-state index contributed by atoms with van der Waals surface area (Å²) in [5.74, 6) is 1.64. The SMILES string of the molecule is CCOc1ccc(CC(=O)N2CCN(C(=O)COc3c(C)ccc(C)c3C)CC2)cc1. The van der Waals surface area contributed by atoms with Crippen LogP contribution >= 0.6 is 0 Å². The molecule has 0 N–H and O–H groups in total. The molecular weight excluding hydrogens is 392 g/mol. The standard InChI is InChI=1S/C25H32N2O4/c1-5-30-22-10-8-21(9-11-22)16-23(28)26-12-14-27(15-13-26)24(29)17-31-25-19(3)7-6-18(2)20(25)4/h6-11H,5,12-17H2,1-4H3. The lowest BCUT2D eigenvalue weighted by Crippen LogP contribution is -2.52. The van der Waals surface area contributed by atoms with E-state index in [2.05, 4.69) is 6.07 Å². The van der Waals surface area contributed by atoms with Crippen molar-refractivity contribution in [2.45, 2.75) is 34.1 Å². The Morgan fingerprint density at radius 2 is 1.39 bits per heavy atom. The van der Waals surface area contributed by atoms with Crippen molar-refractivity contribution in [1.29, 1.82) is 0 Å². The molecule has 1 aliphatic rings. The lowest BCUT2D eigenvalue weighted by molar-refractivity contribution is -0.140. The third kappa shape index (κ3) is 5.78. The summed E-state index contributed by atoms with van der Waals surface area (Å²) in [7, 11) is 0. The molecule has 2 amide bonds. The highest BCUT2D eigenvalue weighted by Gasteiger charge is 2.24. The van der Waals surface area contributed by atoms with Crippen molar-refractivity contribution in [2.75, 3.05) is 39.4 Å². The first-order valence-electron chi connectivity index (χ1n) is 10.9. The first-order valence-corrected chi connectivity index (χ1v) is 10.9. The molecule has 0 atom stereocenters. The summed E-state index contributed by atoms with van der Waals surface area (Å²) in [6.45, 7) is 10.8. The summed E-state index contributed by atoms with van der Waals surface area (Å²) < 4.78 is 11.3. The molecule has 1 aliphatic heterocycles. The number of hydrogen-bond donors (Lipinski definition) is 0. The van der Waals surface area contributed by atoms with Crippen LogP contribution in [-0.4, -0.2) is 61.0 Å². The number of piperazine rings is 1. The molecule has 1 fully saturated rings. The number of carbonyl (C=O) groups is 2. The van der Waals surface area contributed by atoms with Crippen LogP contribution in [0.3, 0.4) is 0 Å². The minimum atomic E-state index is -0.0427. The predicted molar refractivity (Wildman–Crippen MR) is 121 cm³/mol. The summed E-state index contributed by atoms with van der Waals surface area (Å²) in [4.78, 5) is 28.9. The number of ether oxygens (including phenoxy) is 2. The fourth-order valence-corrected chi connectivity index (χ4v) is 3.73. The molecular formula is C25H32N2O4. The molecule has 166 valence electrons. The molecule has 0 spiro atoms. The van der Waals surface area contributed by atoms with Crippen LogP contribution in [0.2, 0.25) is 0 Å². The maximum atomic E-state index is 12.6. The molecule has 0 aliphatic carbocycles. The van der Waals surface area contributed by atoms with E-state index in [9.17, 15) is 9.59 Å². The van der Waals surface area contributed by atoms with Gasteiger partial charge in [0.2, 0.25) is 5.91 Å². The Bertz CT molecular complexity index is 916. The van der Waals surface area contributed by atoms with E-state index in [4.69, 9.17) is 9.47 Å². The van der Waals surface area contributed by atoms with E-state index in [1.54, 1.807) is 4.90 Å². The molecule has 0 unspecified atom stereocenters. The van der Waals surface area contributed by atoms with Gasteiger partial charge in [0.25, 0.3) is 5.91 Å². The van der Waals surface area contributed by atoms with E-state index >= 15 is 0 Å². The third-order valence-electron chi connectivity index (χ3n) is 5.79. The van der Waals surface area contributed by atoms with Gasteiger partial charge in [0.05, 0.1) is 13.0 Å². The van der Waals surface area contributed by atoms with Gasteiger partial charge in [0.1, 0.15) is 11.5 Å². The number of benzene rings is 2. The van der Waals surface area contributed by atoms with E-state index in [1.807, 2.05) is 62.9 Å². The largest absolute Gasteiger partial charge is 0.494 e. The summed E-state index contributed by atoms with van der Waals surface area (Å²) in [5.41, 5.74) is 4.20. The normalized spacial score (nSPS) is 13.8. The van der Waals surface area contributed by atoms with Crippen molar-refractivity contribution in [3.63, 3.8) is 0 Å². The third-order valence-corrected chi connectivity index (χ3v) is 5.79. The zero-order valence-corrected chi connectivity index (χ0v) is 18.9. The summed E-state index contributed by atoms with van der Waals surface area (Å²) in [6, 6.07) is 11.7. The van der Waals surface area contributed by atoms with Crippen molar-refractivity contribution < 1.29 is 19.1 Å². The van der Waals surface area contributed by atoms with E-state index < -0.39 is 0 Å². The maximum Gasteiger partial charge on any atom is 0.260 e. The van der Waals surface area contributed by atoms with E-state index in [-0.39, 0.29) is 18.4 Å². The van der Waals surface area contributed by atoms with E-state index in [1.165, 1.54) is 0 Å². The predicted octanol–water partition coefficient (Wildman–Crippen LogP) is 3.30. The van der Waals surface area contributed by atoms with Crippen molar-refractivity contribution >= 4 is 11.8 Å². The first kappa shape index (κ1) is 22.7. The summed E-state index contributed by atoms with van der Waals surface area (Å²) in [5, 5.41) is 0. The Morgan fingerprint density at radius 1 is 0.806 bits per heavy atom. The number of rotatable bonds is 7. The zero-order valence-electron chi connectivity index (χ0n) is 18.9. The highest BCUT2D eigenvalue weighted by Crippen LogP contribution is 2.25. The van der Waals surface area contributed by atoms with Gasteiger partial charge in [-0.15, -0.1) is 0 Å². The van der Waals surface area contributed by atoms with Gasteiger partial charge in [-0.3, -0.25) is 9.59 Å². The van der Waals surface area contributed by atoms with Gasteiger partial charge in [-0.25, -0.2) is 0 Å². The number of amides is 2. The highest BCUT2D eigenvalue weighted by molar-refractivity contribution is 5.80. The average molecular weight is 425 g/mol. The van der Waals surface area contributed by atoms with Crippen LogP contribution in [0.4, 0.5) is 0 Å². The second-order valence-electron chi connectivity index (χ2n) is 7.96. The summed E-state index contributed by atoms with van der Waals surface area (Å²) in [6.07, 6.45) is 0.357. The van der Waals surface area contributed by atoms with Crippen LogP contribution in [0.15, 0.2) is 36.4 Å². The van der Waals surface area contributed by atoms with Gasteiger partial charge in [0, 0.05) is 26.2 Å². The topological polar surface area (TPSA) is 59.1 Å². The second kappa shape index (κ2) is 10.3. The van der Waals surface area contributed by atoms with Crippen LogP contribution in [-0.2, 0) is 16.0 Å². The van der Waals surface area contributed by atoms with Gasteiger partial charge >= 0.3 is 0 Å². The molecule has 6 nitrogen and oxygen atoms in total. The fraction of sp³-hybridized carbons (Fsp3) is 0.440. The van der Waals surface area contributed by atoms with Gasteiger partial charge in [0.15, 0.2) is 6.61 Å². The zero-order chi connectivity index (χ0) is 22.4. The second-order valence-corrected chi connectivity index (χ2v) is 7.96. The minimum Gasteiger partial charge on any atom is -0.494 e. The molecule has 31 heavy (non-hydrogen) atoms. The number of nitrogens with zero attached hydrogens (tertiary/aromatic N) is 2. The quantitative estimate of drug-likeness (QED) is 0.684. The molecule has 0 saturated carbocycles. The average Bonchev–Trinajstić information content (AvgIpc) is 2.78. The Kier molecular flexibility index (Phi) is 7.55. The Labute approximate surface area is 184 Å². The minimum absolute atomic E-state index is 0.0191. The van der Waals surface area contributed by atoms with Crippen molar-refractivity contribution in [3.8, 4) is 11.5 Å². The Balaban J connectivity index is 1.47. The molecule has 3 rings (SSSR count). The molecule has 6 heteroatoms. The van der Waals surface area contributed by atoms with Gasteiger partial charge in [-0.2, -0.15) is 0 Å². The van der Waals surface area contributed by atoms with Gasteiger partial charge in [-0.1, -0.05) is 24.3 Å². The van der Waals surface area contributed by atoms with E-state index in [0.717, 1.165) is 33.8 Å². The fourth-order valence-electron chi connectivity index (χ4n) is 3.73. The van der Waals surface area contributed by atoms with Gasteiger partial charge < -0.3 is 19.3 Å². The van der Waals surface area contributed by atoms with Crippen molar-refractivity contribution in [1.82, 2.24) is 9.80 Å². The number of aryl methyl sites for hydroxylation is 2. The molecule has 0 bridgehead atoms. The monoisotopic (exact) mass is 424 g/mol. The van der Waals surface area contributed by atoms with Crippen LogP contribution in [0, 0.1) is 20.8 Å². The maximum absolute atomic E-state index is 12.6. The van der Waals surface area contributed by atoms with Crippen LogP contribution in [0.1, 0.15) is 29.2 Å². The van der Waals surface area contributed by atoms with Crippen molar-refractivity contribution in [2.24, 2.45) is 0 Å². The molecule has 1 saturated heterocycles. The van der Waals surface area contributed by atoms with Crippen molar-refractivity contribution in [3.05, 3.63) is 58.7 Å². The van der Waals surface area contributed by atoms with E-state index in [0.29, 0.717) is 39.2 Å². The first-order chi connectivity index (χ1) is 14.9. The molecule has 0 aromatic heterocycles. The number of carbonyl (C=O) groups excluding carboxylic acids is 2. The lowest BCUT2D eigenvalue weighted by Gasteiger charge is -2.35. The van der Waals surface area contributed by atoms with Crippen LogP contribution in [0.25, 0.3) is 0 Å². The highest BCUT2D eigenvalue weighted by atomic mass is 16.5. The molecule has 1 heterocycles. The Morgan fingerprint density at radius 3 is 2.00 bits per heavy atom. The van der Waals surface area contributed by atoms with Gasteiger partial charge in [-0.05, 0) is 62.1 Å². The number of hydrogen-bond acceptors (Lipinski definition) is 4. The Hall–Kier alpha value is -3.02. The summed E-state index contributed by atoms with van der Waals surface area (Å²) >= 11 is 0. The van der Waals surface area contributed by atoms with Crippen LogP contribution in [0.5, 0.6) is 11.5 Å².